The van der Waals surface area contributed by atoms with Gasteiger partial charge >= 0.3 is 0 Å². The maximum Gasteiger partial charge on any atom is 0.0556 e. The molecule has 0 unspecified atom stereocenters. The van der Waals surface area contributed by atoms with Gasteiger partial charge in [-0.15, -0.1) is 0 Å². The van der Waals surface area contributed by atoms with Crippen molar-refractivity contribution in [2.45, 2.75) is 6.54 Å². The second-order valence-electron chi connectivity index (χ2n) is 3.58. The molecular weight excluding hydrogens is 186 g/mol. The van der Waals surface area contributed by atoms with Gasteiger partial charge in [0.1, 0.15) is 0 Å². The molecule has 15 heavy (non-hydrogen) atoms. The number of benzene rings is 2. The third-order valence-electron chi connectivity index (χ3n) is 2.43. The number of hydrogen-bond donors (Lipinski definition) is 2. The van der Waals surface area contributed by atoms with Crippen LogP contribution in [0.1, 0.15) is 5.56 Å². The second-order valence-corrected chi connectivity index (χ2v) is 3.58. The monoisotopic (exact) mass is 201 g/mol. The fourth-order valence-electron chi connectivity index (χ4n) is 1.66. The molecule has 0 radical (unpaired) electrons. The molecule has 2 aromatic rings. The molecule has 0 heterocycles. The van der Waals surface area contributed by atoms with E-state index in [1.165, 1.54) is 16.3 Å². The normalized spacial score (nSPS) is 10.7. The van der Waals surface area contributed by atoms with E-state index in [0.29, 0.717) is 6.54 Å². The Labute approximate surface area is 89.6 Å². The highest BCUT2D eigenvalue weighted by Gasteiger charge is 1.95. The standard InChI is InChI=1S/C13H15NO/c15-8-7-14-10-11-5-6-12-3-1-2-4-13(12)9-11/h1-6,9,14-15H,7-8,10H2. The Morgan fingerprint density at radius 1 is 1.00 bits per heavy atom. The van der Waals surface area contributed by atoms with Crippen LogP contribution >= 0.6 is 0 Å². The van der Waals surface area contributed by atoms with Crippen LogP contribution in [0.2, 0.25) is 0 Å². The molecule has 0 atom stereocenters. The third kappa shape index (κ3) is 2.55. The minimum absolute atomic E-state index is 0.188. The molecule has 0 aliphatic heterocycles. The van der Waals surface area contributed by atoms with E-state index < -0.39 is 0 Å². The zero-order chi connectivity index (χ0) is 10.5. The molecule has 0 bridgehead atoms. The number of aliphatic hydroxyl groups excluding tert-OH is 1. The van der Waals surface area contributed by atoms with E-state index in [1.54, 1.807) is 0 Å². The first-order valence-corrected chi connectivity index (χ1v) is 5.19. The van der Waals surface area contributed by atoms with Crippen molar-refractivity contribution in [2.75, 3.05) is 13.2 Å². The zero-order valence-electron chi connectivity index (χ0n) is 8.61. The Balaban J connectivity index is 2.16. The van der Waals surface area contributed by atoms with E-state index in [1.807, 2.05) is 12.1 Å². The lowest BCUT2D eigenvalue weighted by atomic mass is 10.1. The Kier molecular flexibility index (Phi) is 3.33. The molecule has 2 N–H and O–H groups in total. The Bertz CT molecular complexity index is 439. The molecule has 0 amide bonds. The topological polar surface area (TPSA) is 32.3 Å². The average molecular weight is 201 g/mol. The quantitative estimate of drug-likeness (QED) is 0.741. The van der Waals surface area contributed by atoms with Crippen molar-refractivity contribution in [3.8, 4) is 0 Å². The van der Waals surface area contributed by atoms with E-state index in [2.05, 4.69) is 35.6 Å². The second kappa shape index (κ2) is 4.91. The first kappa shape index (κ1) is 10.1. The average Bonchev–Trinajstić information content (AvgIpc) is 2.29. The van der Waals surface area contributed by atoms with Gasteiger partial charge in [-0.25, -0.2) is 0 Å². The molecule has 0 aliphatic rings. The van der Waals surface area contributed by atoms with Gasteiger partial charge in [-0.3, -0.25) is 0 Å². The predicted octanol–water partition coefficient (Wildman–Crippen LogP) is 1.92. The summed E-state index contributed by atoms with van der Waals surface area (Å²) >= 11 is 0. The summed E-state index contributed by atoms with van der Waals surface area (Å²) in [5.41, 5.74) is 1.25. The van der Waals surface area contributed by atoms with E-state index >= 15 is 0 Å². The van der Waals surface area contributed by atoms with Gasteiger partial charge in [-0.2, -0.15) is 0 Å². The number of rotatable bonds is 4. The van der Waals surface area contributed by atoms with Gasteiger partial charge in [-0.05, 0) is 22.4 Å². The Morgan fingerprint density at radius 3 is 2.60 bits per heavy atom. The van der Waals surface area contributed by atoms with Crippen LogP contribution in [-0.2, 0) is 6.54 Å². The zero-order valence-corrected chi connectivity index (χ0v) is 8.61. The summed E-state index contributed by atoms with van der Waals surface area (Å²) in [6.07, 6.45) is 0. The van der Waals surface area contributed by atoms with E-state index in [0.717, 1.165) is 6.54 Å². The summed E-state index contributed by atoms with van der Waals surface area (Å²) in [5.74, 6) is 0. The van der Waals surface area contributed by atoms with Gasteiger partial charge in [0.15, 0.2) is 0 Å². The van der Waals surface area contributed by atoms with Gasteiger partial charge in [-0.1, -0.05) is 36.4 Å². The summed E-state index contributed by atoms with van der Waals surface area (Å²) in [6, 6.07) is 14.8. The first-order valence-electron chi connectivity index (χ1n) is 5.19. The van der Waals surface area contributed by atoms with Crippen LogP contribution in [0.5, 0.6) is 0 Å². The van der Waals surface area contributed by atoms with Gasteiger partial charge in [0, 0.05) is 13.1 Å². The van der Waals surface area contributed by atoms with E-state index in [9.17, 15) is 0 Å². The van der Waals surface area contributed by atoms with Crippen molar-refractivity contribution in [3.63, 3.8) is 0 Å². The Hall–Kier alpha value is -1.38. The smallest absolute Gasteiger partial charge is 0.0556 e. The minimum atomic E-state index is 0.188. The summed E-state index contributed by atoms with van der Waals surface area (Å²) in [5, 5.41) is 14.4. The van der Waals surface area contributed by atoms with Crippen LogP contribution < -0.4 is 5.32 Å². The molecule has 2 nitrogen and oxygen atoms in total. The highest BCUT2D eigenvalue weighted by atomic mass is 16.3. The molecule has 78 valence electrons. The maximum atomic E-state index is 8.65. The number of aliphatic hydroxyl groups is 1. The van der Waals surface area contributed by atoms with Crippen LogP contribution in [-0.4, -0.2) is 18.3 Å². The molecule has 0 saturated heterocycles. The van der Waals surface area contributed by atoms with Crippen LogP contribution in [0.4, 0.5) is 0 Å². The van der Waals surface area contributed by atoms with Gasteiger partial charge in [0.05, 0.1) is 6.61 Å². The molecule has 0 spiro atoms. The Morgan fingerprint density at radius 2 is 1.80 bits per heavy atom. The van der Waals surface area contributed by atoms with E-state index in [-0.39, 0.29) is 6.61 Å². The summed E-state index contributed by atoms with van der Waals surface area (Å²) < 4.78 is 0. The molecule has 2 rings (SSSR count). The minimum Gasteiger partial charge on any atom is -0.395 e. The van der Waals surface area contributed by atoms with Crippen molar-refractivity contribution < 1.29 is 5.11 Å². The van der Waals surface area contributed by atoms with Crippen LogP contribution in [0, 0.1) is 0 Å². The number of fused-ring (bicyclic) bond motifs is 1. The number of nitrogens with one attached hydrogen (secondary N) is 1. The highest BCUT2D eigenvalue weighted by molar-refractivity contribution is 5.82. The third-order valence-corrected chi connectivity index (χ3v) is 2.43. The number of hydrogen-bond acceptors (Lipinski definition) is 2. The van der Waals surface area contributed by atoms with Crippen LogP contribution in [0.15, 0.2) is 42.5 Å². The van der Waals surface area contributed by atoms with Gasteiger partial charge in [0.2, 0.25) is 0 Å². The van der Waals surface area contributed by atoms with Crippen molar-refractivity contribution in [2.24, 2.45) is 0 Å². The fourth-order valence-corrected chi connectivity index (χ4v) is 1.66. The lowest BCUT2D eigenvalue weighted by Gasteiger charge is -2.04. The summed E-state index contributed by atoms with van der Waals surface area (Å²) in [4.78, 5) is 0. The van der Waals surface area contributed by atoms with Crippen LogP contribution in [0.25, 0.3) is 10.8 Å². The van der Waals surface area contributed by atoms with Gasteiger partial charge < -0.3 is 10.4 Å². The lowest BCUT2D eigenvalue weighted by molar-refractivity contribution is 0.292. The molecule has 0 fully saturated rings. The molecular formula is C13H15NO. The lowest BCUT2D eigenvalue weighted by Crippen LogP contribution is -2.17. The van der Waals surface area contributed by atoms with Crippen molar-refractivity contribution >= 4 is 10.8 Å². The first-order chi connectivity index (χ1) is 7.40. The summed E-state index contributed by atoms with van der Waals surface area (Å²) in [6.45, 7) is 1.64. The molecule has 2 aromatic carbocycles. The van der Waals surface area contributed by atoms with Crippen LogP contribution in [0.3, 0.4) is 0 Å². The molecule has 2 heteroatoms. The predicted molar refractivity (Wildman–Crippen MR) is 62.7 cm³/mol. The fraction of sp³-hybridized carbons (Fsp3) is 0.231. The molecule has 0 aliphatic carbocycles. The van der Waals surface area contributed by atoms with Crippen molar-refractivity contribution in [1.82, 2.24) is 5.32 Å². The maximum absolute atomic E-state index is 8.65. The van der Waals surface area contributed by atoms with E-state index in [4.69, 9.17) is 5.11 Å². The molecule has 0 saturated carbocycles. The SMILES string of the molecule is OCCNCc1ccc2ccccc2c1. The highest BCUT2D eigenvalue weighted by Crippen LogP contribution is 2.15. The van der Waals surface area contributed by atoms with Crippen molar-refractivity contribution in [3.05, 3.63) is 48.0 Å². The molecule has 0 aromatic heterocycles. The largest absolute Gasteiger partial charge is 0.395 e. The van der Waals surface area contributed by atoms with Gasteiger partial charge in [0.25, 0.3) is 0 Å². The summed E-state index contributed by atoms with van der Waals surface area (Å²) in [7, 11) is 0. The van der Waals surface area contributed by atoms with Crippen molar-refractivity contribution in [1.29, 1.82) is 0 Å².